The van der Waals surface area contributed by atoms with Crippen LogP contribution in [0.15, 0.2) is 48.8 Å². The van der Waals surface area contributed by atoms with Crippen LogP contribution in [-0.4, -0.2) is 34.0 Å². The summed E-state index contributed by atoms with van der Waals surface area (Å²) in [7, 11) is 0. The van der Waals surface area contributed by atoms with Gasteiger partial charge in [-0.05, 0) is 63.5 Å². The second-order valence-corrected chi connectivity index (χ2v) is 8.50. The number of hydrazine groups is 1. The maximum absolute atomic E-state index is 12.5. The Morgan fingerprint density at radius 3 is 1.41 bits per heavy atom. The molecule has 2 heterocycles. The molecule has 0 aliphatic heterocycles. The van der Waals surface area contributed by atoms with Gasteiger partial charge in [-0.25, -0.2) is 9.97 Å². The van der Waals surface area contributed by atoms with Gasteiger partial charge < -0.3 is 9.47 Å². The molecule has 2 N–H and O–H groups in total. The predicted molar refractivity (Wildman–Crippen MR) is 118 cm³/mol. The normalized spacial score (nSPS) is 25.4. The summed E-state index contributed by atoms with van der Waals surface area (Å²) in [6.45, 7) is 0. The zero-order valence-corrected chi connectivity index (χ0v) is 18.1. The number of nitrogens with zero attached hydrogens (tertiary/aromatic N) is 2. The Balaban J connectivity index is 1.13. The Labute approximate surface area is 188 Å². The first kappa shape index (κ1) is 22.0. The second kappa shape index (κ2) is 10.9. The summed E-state index contributed by atoms with van der Waals surface area (Å²) < 4.78 is 11.8. The lowest BCUT2D eigenvalue weighted by atomic mass is 9.86. The van der Waals surface area contributed by atoms with Gasteiger partial charge in [0.2, 0.25) is 23.6 Å². The first-order chi connectivity index (χ1) is 15.7. The van der Waals surface area contributed by atoms with Gasteiger partial charge in [0.05, 0.1) is 0 Å². The van der Waals surface area contributed by atoms with Gasteiger partial charge in [0.15, 0.2) is 0 Å². The molecule has 0 unspecified atom stereocenters. The second-order valence-electron chi connectivity index (χ2n) is 8.50. The van der Waals surface area contributed by atoms with Gasteiger partial charge >= 0.3 is 0 Å². The summed E-state index contributed by atoms with van der Waals surface area (Å²) >= 11 is 0. The number of pyridine rings is 2. The lowest BCUT2D eigenvalue weighted by molar-refractivity contribution is -0.134. The fraction of sp³-hybridized carbons (Fsp3) is 0.500. The lowest BCUT2D eigenvalue weighted by Crippen LogP contribution is -2.48. The van der Waals surface area contributed by atoms with Crippen LogP contribution in [-0.2, 0) is 9.59 Å². The van der Waals surface area contributed by atoms with Crippen molar-refractivity contribution in [2.45, 2.75) is 63.6 Å². The quantitative estimate of drug-likeness (QED) is 0.672. The topological polar surface area (TPSA) is 102 Å². The van der Waals surface area contributed by atoms with Gasteiger partial charge in [-0.3, -0.25) is 20.4 Å². The summed E-state index contributed by atoms with van der Waals surface area (Å²) in [5.74, 6) is 0.770. The molecule has 170 valence electrons. The zero-order valence-electron chi connectivity index (χ0n) is 18.1. The molecule has 0 aromatic carbocycles. The van der Waals surface area contributed by atoms with Crippen LogP contribution in [0.2, 0.25) is 0 Å². The van der Waals surface area contributed by atoms with E-state index >= 15 is 0 Å². The molecule has 2 fully saturated rings. The number of rotatable bonds is 6. The van der Waals surface area contributed by atoms with E-state index in [0.717, 1.165) is 51.4 Å². The number of carbonyl (C=O) groups excluding carboxylic acids is 2. The Kier molecular flexibility index (Phi) is 7.53. The minimum atomic E-state index is -0.123. The van der Waals surface area contributed by atoms with Crippen LogP contribution < -0.4 is 20.3 Å². The van der Waals surface area contributed by atoms with Crippen molar-refractivity contribution >= 4 is 11.8 Å². The van der Waals surface area contributed by atoms with Gasteiger partial charge in [0.25, 0.3) is 0 Å². The summed E-state index contributed by atoms with van der Waals surface area (Å²) in [4.78, 5) is 33.4. The molecule has 0 bridgehead atoms. The number of nitrogens with one attached hydrogen (secondary N) is 2. The van der Waals surface area contributed by atoms with Crippen molar-refractivity contribution in [3.05, 3.63) is 48.8 Å². The largest absolute Gasteiger partial charge is 0.474 e. The van der Waals surface area contributed by atoms with Crippen molar-refractivity contribution in [2.75, 3.05) is 0 Å². The Morgan fingerprint density at radius 1 is 0.656 bits per heavy atom. The smallest absolute Gasteiger partial charge is 0.241 e. The van der Waals surface area contributed by atoms with Gasteiger partial charge in [0.1, 0.15) is 12.2 Å². The Bertz CT molecular complexity index is 791. The van der Waals surface area contributed by atoms with Crippen LogP contribution in [0.3, 0.4) is 0 Å². The van der Waals surface area contributed by atoms with E-state index in [1.165, 1.54) is 0 Å². The van der Waals surface area contributed by atoms with Crippen LogP contribution in [0.4, 0.5) is 0 Å². The average Bonchev–Trinajstić information content (AvgIpc) is 2.84. The molecule has 0 radical (unpaired) electrons. The molecule has 2 aromatic heterocycles. The van der Waals surface area contributed by atoms with E-state index < -0.39 is 0 Å². The molecule has 32 heavy (non-hydrogen) atoms. The number of aromatic nitrogens is 2. The van der Waals surface area contributed by atoms with E-state index in [1.54, 1.807) is 12.4 Å². The van der Waals surface area contributed by atoms with Crippen molar-refractivity contribution in [2.24, 2.45) is 11.8 Å². The number of hydrogen-bond donors (Lipinski definition) is 2. The van der Waals surface area contributed by atoms with E-state index in [-0.39, 0.29) is 35.9 Å². The third-order valence-electron chi connectivity index (χ3n) is 6.25. The van der Waals surface area contributed by atoms with E-state index in [2.05, 4.69) is 20.8 Å². The van der Waals surface area contributed by atoms with Crippen molar-refractivity contribution in [3.63, 3.8) is 0 Å². The number of amides is 2. The minimum Gasteiger partial charge on any atom is -0.474 e. The van der Waals surface area contributed by atoms with E-state index in [9.17, 15) is 9.59 Å². The molecule has 8 nitrogen and oxygen atoms in total. The SMILES string of the molecule is O=C(NNC(=O)C1CCC(Oc2ccccn2)CC1)C1CCC(Oc2ccccn2)CC1. The molecule has 2 saturated carbocycles. The monoisotopic (exact) mass is 438 g/mol. The number of ether oxygens (including phenoxy) is 2. The van der Waals surface area contributed by atoms with Crippen LogP contribution in [0.5, 0.6) is 11.8 Å². The Morgan fingerprint density at radius 2 is 1.06 bits per heavy atom. The molecule has 2 amide bonds. The van der Waals surface area contributed by atoms with Crippen molar-refractivity contribution in [3.8, 4) is 11.8 Å². The Hall–Kier alpha value is -3.16. The number of hydrogen-bond acceptors (Lipinski definition) is 6. The van der Waals surface area contributed by atoms with Crippen molar-refractivity contribution in [1.82, 2.24) is 20.8 Å². The standard InChI is InChI=1S/C24H30N4O4/c29-23(17-7-11-19(12-8-17)31-21-5-1-3-15-25-21)27-28-24(30)18-9-13-20(14-10-18)32-22-6-2-4-16-26-22/h1-6,15-20H,7-14H2,(H,27,29)(H,28,30). The highest BCUT2D eigenvalue weighted by atomic mass is 16.5. The molecule has 2 aliphatic carbocycles. The predicted octanol–water partition coefficient (Wildman–Crippen LogP) is 3.20. The first-order valence-corrected chi connectivity index (χ1v) is 11.4. The van der Waals surface area contributed by atoms with E-state index in [4.69, 9.17) is 9.47 Å². The van der Waals surface area contributed by atoms with Gasteiger partial charge in [-0.15, -0.1) is 0 Å². The molecule has 0 saturated heterocycles. The minimum absolute atomic E-state index is 0.0760. The molecular formula is C24H30N4O4. The van der Waals surface area contributed by atoms with Gasteiger partial charge in [-0.2, -0.15) is 0 Å². The summed E-state index contributed by atoms with van der Waals surface area (Å²) in [5.41, 5.74) is 5.26. The highest BCUT2D eigenvalue weighted by molar-refractivity contribution is 5.84. The average molecular weight is 439 g/mol. The van der Waals surface area contributed by atoms with E-state index in [0.29, 0.717) is 11.8 Å². The van der Waals surface area contributed by atoms with Crippen molar-refractivity contribution < 1.29 is 19.1 Å². The maximum Gasteiger partial charge on any atom is 0.241 e. The molecule has 2 aliphatic rings. The molecular weight excluding hydrogens is 408 g/mol. The first-order valence-electron chi connectivity index (χ1n) is 11.4. The molecule has 8 heteroatoms. The highest BCUT2D eigenvalue weighted by Crippen LogP contribution is 2.28. The van der Waals surface area contributed by atoms with Crippen molar-refractivity contribution in [1.29, 1.82) is 0 Å². The van der Waals surface area contributed by atoms with Gasteiger partial charge in [-0.1, -0.05) is 12.1 Å². The zero-order chi connectivity index (χ0) is 22.2. The maximum atomic E-state index is 12.5. The lowest BCUT2D eigenvalue weighted by Gasteiger charge is -2.29. The third kappa shape index (κ3) is 6.18. The molecule has 0 spiro atoms. The van der Waals surface area contributed by atoms with Gasteiger partial charge in [0, 0.05) is 36.4 Å². The summed E-state index contributed by atoms with van der Waals surface area (Å²) in [6.07, 6.45) is 9.67. The van der Waals surface area contributed by atoms with Crippen LogP contribution in [0, 0.1) is 11.8 Å². The highest BCUT2D eigenvalue weighted by Gasteiger charge is 2.30. The summed E-state index contributed by atoms with van der Waals surface area (Å²) in [5, 5.41) is 0. The molecule has 4 rings (SSSR count). The number of carbonyl (C=O) groups is 2. The third-order valence-corrected chi connectivity index (χ3v) is 6.25. The molecule has 2 aromatic rings. The van der Waals surface area contributed by atoms with E-state index in [1.807, 2.05) is 36.4 Å². The molecule has 0 atom stereocenters. The van der Waals surface area contributed by atoms with Crippen LogP contribution in [0.1, 0.15) is 51.4 Å². The summed E-state index contributed by atoms with van der Waals surface area (Å²) in [6, 6.07) is 11.2. The fourth-order valence-corrected chi connectivity index (χ4v) is 4.39. The van der Waals surface area contributed by atoms with Crippen LogP contribution >= 0.6 is 0 Å². The van der Waals surface area contributed by atoms with Crippen LogP contribution in [0.25, 0.3) is 0 Å². The fourth-order valence-electron chi connectivity index (χ4n) is 4.39.